The van der Waals surface area contributed by atoms with Gasteiger partial charge in [0.05, 0.1) is 19.8 Å². The van der Waals surface area contributed by atoms with Crippen LogP contribution in [0.4, 0.5) is 0 Å². The van der Waals surface area contributed by atoms with Crippen molar-refractivity contribution >= 4 is 0 Å². The molecule has 0 unspecified atom stereocenters. The Labute approximate surface area is 95.1 Å². The van der Waals surface area contributed by atoms with Gasteiger partial charge in [0.2, 0.25) is 0 Å². The van der Waals surface area contributed by atoms with Gasteiger partial charge in [0, 0.05) is 0 Å². The number of hydrogen-bond acceptors (Lipinski definition) is 4. The van der Waals surface area contributed by atoms with Crippen LogP contribution in [0.25, 0.3) is 0 Å². The van der Waals surface area contributed by atoms with Crippen molar-refractivity contribution in [3.63, 3.8) is 0 Å². The van der Waals surface area contributed by atoms with Crippen molar-refractivity contribution in [1.82, 2.24) is 0 Å². The van der Waals surface area contributed by atoms with Crippen molar-refractivity contribution in [3.8, 4) is 0 Å². The van der Waals surface area contributed by atoms with Gasteiger partial charge in [-0.05, 0) is 5.56 Å². The Bertz CT molecular complexity index is 282. The lowest BCUT2D eigenvalue weighted by Crippen LogP contribution is -2.17. The molecule has 4 nitrogen and oxygen atoms in total. The Morgan fingerprint density at radius 1 is 1.06 bits per heavy atom. The van der Waals surface area contributed by atoms with Crippen LogP contribution in [0, 0.1) is 0 Å². The third kappa shape index (κ3) is 3.90. The normalized spacial score (nSPS) is 16.8. The molecule has 1 aliphatic heterocycles. The lowest BCUT2D eigenvalue weighted by molar-refractivity contribution is -0.138. The second-order valence-corrected chi connectivity index (χ2v) is 3.49. The largest absolute Gasteiger partial charge is 0.351 e. The third-order valence-electron chi connectivity index (χ3n) is 2.22. The minimum atomic E-state index is -0.222. The molecular weight excluding hydrogens is 208 g/mol. The molecular formula is C12H16O4. The molecule has 0 radical (unpaired) electrons. The fourth-order valence-electron chi connectivity index (χ4n) is 1.44. The molecule has 2 rings (SSSR count). The molecule has 0 bridgehead atoms. The molecule has 0 amide bonds. The predicted molar refractivity (Wildman–Crippen MR) is 57.7 cm³/mol. The van der Waals surface area contributed by atoms with E-state index in [0.717, 1.165) is 5.56 Å². The summed E-state index contributed by atoms with van der Waals surface area (Å²) < 4.78 is 21.0. The van der Waals surface area contributed by atoms with Gasteiger partial charge in [-0.15, -0.1) is 0 Å². The summed E-state index contributed by atoms with van der Waals surface area (Å²) in [6.45, 7) is 2.55. The summed E-state index contributed by atoms with van der Waals surface area (Å²) in [5, 5.41) is 0. The molecule has 0 aromatic heterocycles. The highest BCUT2D eigenvalue weighted by Gasteiger charge is 2.15. The van der Waals surface area contributed by atoms with Crippen molar-refractivity contribution in [2.24, 2.45) is 0 Å². The number of hydrogen-bond donors (Lipinski definition) is 0. The fraction of sp³-hybridized carbons (Fsp3) is 0.500. The Kier molecular flexibility index (Phi) is 4.76. The summed E-state index contributed by atoms with van der Waals surface area (Å²) in [7, 11) is 0. The molecule has 0 N–H and O–H groups in total. The second-order valence-electron chi connectivity index (χ2n) is 3.49. The predicted octanol–water partition coefficient (Wildman–Crippen LogP) is 1.55. The minimum absolute atomic E-state index is 0.222. The number of ether oxygens (including phenoxy) is 4. The van der Waals surface area contributed by atoms with Crippen LogP contribution in [0.3, 0.4) is 0 Å². The monoisotopic (exact) mass is 224 g/mol. The summed E-state index contributed by atoms with van der Waals surface area (Å²) in [5.41, 5.74) is 1.14. The van der Waals surface area contributed by atoms with Crippen LogP contribution >= 0.6 is 0 Å². The molecule has 4 heteroatoms. The first-order valence-corrected chi connectivity index (χ1v) is 5.38. The maximum absolute atomic E-state index is 5.35. The Balaban J connectivity index is 1.52. The summed E-state index contributed by atoms with van der Waals surface area (Å²) in [6.07, 6.45) is -0.222. The molecule has 0 atom stereocenters. The minimum Gasteiger partial charge on any atom is -0.351 e. The lowest BCUT2D eigenvalue weighted by atomic mass is 10.2. The highest BCUT2D eigenvalue weighted by Crippen LogP contribution is 2.04. The van der Waals surface area contributed by atoms with E-state index in [0.29, 0.717) is 26.4 Å². The van der Waals surface area contributed by atoms with Gasteiger partial charge in [0.15, 0.2) is 6.29 Å². The first-order chi connectivity index (χ1) is 7.95. The van der Waals surface area contributed by atoms with Crippen molar-refractivity contribution < 1.29 is 18.9 Å². The van der Waals surface area contributed by atoms with Crippen LogP contribution in [-0.4, -0.2) is 32.9 Å². The van der Waals surface area contributed by atoms with E-state index in [4.69, 9.17) is 18.9 Å². The third-order valence-corrected chi connectivity index (χ3v) is 2.22. The van der Waals surface area contributed by atoms with Gasteiger partial charge in [0.25, 0.3) is 0 Å². The highest BCUT2D eigenvalue weighted by molar-refractivity contribution is 5.13. The van der Waals surface area contributed by atoms with E-state index in [1.165, 1.54) is 0 Å². The molecule has 16 heavy (non-hydrogen) atoms. The van der Waals surface area contributed by atoms with Crippen LogP contribution in [0.1, 0.15) is 5.56 Å². The number of benzene rings is 1. The SMILES string of the molecule is c1ccc(COCOCC2OCCO2)cc1. The molecule has 1 aliphatic rings. The molecule has 0 spiro atoms. The molecule has 1 fully saturated rings. The van der Waals surface area contributed by atoms with Crippen LogP contribution in [0.5, 0.6) is 0 Å². The van der Waals surface area contributed by atoms with Gasteiger partial charge in [0.1, 0.15) is 13.4 Å². The first kappa shape index (κ1) is 11.5. The summed E-state index contributed by atoms with van der Waals surface area (Å²) >= 11 is 0. The molecule has 1 saturated heterocycles. The van der Waals surface area contributed by atoms with Crippen LogP contribution in [0.2, 0.25) is 0 Å². The van der Waals surface area contributed by atoms with E-state index in [9.17, 15) is 0 Å². The van der Waals surface area contributed by atoms with Crippen LogP contribution in [-0.2, 0) is 25.6 Å². The number of rotatable bonds is 6. The Morgan fingerprint density at radius 3 is 2.56 bits per heavy atom. The Hall–Kier alpha value is -0.940. The maximum Gasteiger partial charge on any atom is 0.181 e. The van der Waals surface area contributed by atoms with E-state index in [1.807, 2.05) is 30.3 Å². The smallest absolute Gasteiger partial charge is 0.181 e. The van der Waals surface area contributed by atoms with E-state index in [-0.39, 0.29) is 13.1 Å². The molecule has 0 saturated carbocycles. The van der Waals surface area contributed by atoms with E-state index >= 15 is 0 Å². The van der Waals surface area contributed by atoms with Crippen LogP contribution in [0.15, 0.2) is 30.3 Å². The lowest BCUT2D eigenvalue weighted by Gasteiger charge is -2.09. The summed E-state index contributed by atoms with van der Waals surface area (Å²) in [5.74, 6) is 0. The van der Waals surface area contributed by atoms with Crippen molar-refractivity contribution in [2.45, 2.75) is 12.9 Å². The zero-order chi connectivity index (χ0) is 11.1. The van der Waals surface area contributed by atoms with Gasteiger partial charge in [-0.3, -0.25) is 0 Å². The average Bonchev–Trinajstić information content (AvgIpc) is 2.83. The van der Waals surface area contributed by atoms with Gasteiger partial charge < -0.3 is 18.9 Å². The summed E-state index contributed by atoms with van der Waals surface area (Å²) in [6, 6.07) is 9.99. The van der Waals surface area contributed by atoms with E-state index in [2.05, 4.69) is 0 Å². The van der Waals surface area contributed by atoms with E-state index < -0.39 is 0 Å². The quantitative estimate of drug-likeness (QED) is 0.542. The topological polar surface area (TPSA) is 36.9 Å². The fourth-order valence-corrected chi connectivity index (χ4v) is 1.44. The van der Waals surface area contributed by atoms with Gasteiger partial charge >= 0.3 is 0 Å². The molecule has 1 heterocycles. The first-order valence-electron chi connectivity index (χ1n) is 5.38. The average molecular weight is 224 g/mol. The maximum atomic E-state index is 5.35. The zero-order valence-corrected chi connectivity index (χ0v) is 9.13. The standard InChI is InChI=1S/C12H16O4/c1-2-4-11(5-3-1)8-13-10-14-9-12-15-6-7-16-12/h1-5,12H,6-10H2. The van der Waals surface area contributed by atoms with Gasteiger partial charge in [-0.25, -0.2) is 0 Å². The molecule has 1 aromatic rings. The van der Waals surface area contributed by atoms with Crippen molar-refractivity contribution in [3.05, 3.63) is 35.9 Å². The molecule has 1 aromatic carbocycles. The van der Waals surface area contributed by atoms with Gasteiger partial charge in [-0.1, -0.05) is 30.3 Å². The highest BCUT2D eigenvalue weighted by atomic mass is 16.7. The van der Waals surface area contributed by atoms with E-state index in [1.54, 1.807) is 0 Å². The second kappa shape index (κ2) is 6.60. The van der Waals surface area contributed by atoms with Crippen LogP contribution < -0.4 is 0 Å². The zero-order valence-electron chi connectivity index (χ0n) is 9.13. The molecule has 0 aliphatic carbocycles. The molecule has 88 valence electrons. The van der Waals surface area contributed by atoms with Gasteiger partial charge in [-0.2, -0.15) is 0 Å². The summed E-state index contributed by atoms with van der Waals surface area (Å²) in [4.78, 5) is 0. The van der Waals surface area contributed by atoms with Crippen molar-refractivity contribution in [1.29, 1.82) is 0 Å². The Morgan fingerprint density at radius 2 is 1.81 bits per heavy atom. The van der Waals surface area contributed by atoms with Crippen molar-refractivity contribution in [2.75, 3.05) is 26.6 Å².